The Morgan fingerprint density at radius 2 is 1.97 bits per heavy atom. The molecule has 0 spiro atoms. The van der Waals surface area contributed by atoms with Gasteiger partial charge in [-0.15, -0.1) is 10.2 Å². The quantitative estimate of drug-likeness (QED) is 0.452. The normalized spacial score (nSPS) is 11.9. The van der Waals surface area contributed by atoms with Crippen molar-refractivity contribution in [2.45, 2.75) is 24.8 Å². The first-order valence-electron chi connectivity index (χ1n) is 8.88. The van der Waals surface area contributed by atoms with E-state index in [1.807, 2.05) is 0 Å². The number of hydrogen-bond acceptors (Lipinski definition) is 6. The average Bonchev–Trinajstić information content (AvgIpc) is 3.20. The van der Waals surface area contributed by atoms with Crippen molar-refractivity contribution in [1.29, 1.82) is 0 Å². The van der Waals surface area contributed by atoms with Crippen molar-refractivity contribution in [1.82, 2.24) is 15.1 Å². The Morgan fingerprint density at radius 3 is 2.67 bits per heavy atom. The molecule has 2 aromatic carbocycles. The van der Waals surface area contributed by atoms with E-state index in [1.54, 1.807) is 20.0 Å². The van der Waals surface area contributed by atoms with Gasteiger partial charge in [-0.3, -0.25) is 4.79 Å². The van der Waals surface area contributed by atoms with Crippen LogP contribution in [0.15, 0.2) is 52.1 Å². The summed E-state index contributed by atoms with van der Waals surface area (Å²) in [6, 6.07) is 9.93. The van der Waals surface area contributed by atoms with Gasteiger partial charge in [-0.1, -0.05) is 29.4 Å². The Morgan fingerprint density at radius 1 is 1.23 bits per heavy atom. The molecule has 0 saturated heterocycles. The number of thioether (sulfide) groups is 1. The zero-order valence-corrected chi connectivity index (χ0v) is 17.7. The molecule has 0 aliphatic heterocycles. The lowest BCUT2D eigenvalue weighted by atomic mass is 10.2. The van der Waals surface area contributed by atoms with Crippen LogP contribution in [0.5, 0.6) is 5.75 Å². The van der Waals surface area contributed by atoms with Gasteiger partial charge in [0.25, 0.3) is 11.1 Å². The molecule has 30 heavy (non-hydrogen) atoms. The van der Waals surface area contributed by atoms with Gasteiger partial charge in [0.1, 0.15) is 17.4 Å². The van der Waals surface area contributed by atoms with Crippen LogP contribution in [0.4, 0.5) is 8.78 Å². The van der Waals surface area contributed by atoms with Gasteiger partial charge in [-0.25, -0.2) is 8.78 Å². The van der Waals surface area contributed by atoms with E-state index in [0.717, 1.165) is 11.8 Å². The SMILES string of the molecule is CC(Oc1ccc(F)cc1)c1nnc(SCC(=O)N(C)Cc2c(F)cccc2Cl)o1. The molecular weight excluding hydrogens is 436 g/mol. The molecule has 0 N–H and O–H groups in total. The molecule has 158 valence electrons. The number of ether oxygens (including phenoxy) is 1. The molecule has 0 aliphatic rings. The lowest BCUT2D eigenvalue weighted by molar-refractivity contribution is -0.127. The summed E-state index contributed by atoms with van der Waals surface area (Å²) in [7, 11) is 1.56. The Balaban J connectivity index is 1.53. The van der Waals surface area contributed by atoms with Crippen LogP contribution >= 0.6 is 23.4 Å². The maximum Gasteiger partial charge on any atom is 0.277 e. The fraction of sp³-hybridized carbons (Fsp3) is 0.250. The highest BCUT2D eigenvalue weighted by molar-refractivity contribution is 7.99. The Labute approximate surface area is 181 Å². The lowest BCUT2D eigenvalue weighted by Gasteiger charge is -2.17. The minimum Gasteiger partial charge on any atom is -0.481 e. The van der Waals surface area contributed by atoms with E-state index in [-0.39, 0.29) is 45.7 Å². The summed E-state index contributed by atoms with van der Waals surface area (Å²) in [5, 5.41) is 8.27. The molecule has 3 rings (SSSR count). The van der Waals surface area contributed by atoms with Crippen LogP contribution in [-0.2, 0) is 11.3 Å². The highest BCUT2D eigenvalue weighted by atomic mass is 35.5. The fourth-order valence-electron chi connectivity index (χ4n) is 2.45. The van der Waals surface area contributed by atoms with E-state index in [2.05, 4.69) is 10.2 Å². The van der Waals surface area contributed by atoms with Crippen LogP contribution in [0.2, 0.25) is 5.02 Å². The van der Waals surface area contributed by atoms with Crippen LogP contribution in [-0.4, -0.2) is 33.8 Å². The molecule has 0 saturated carbocycles. The standard InChI is InChI=1S/C20H18ClF2N3O3S/c1-12(28-14-8-6-13(22)7-9-14)19-24-25-20(29-19)30-11-18(27)26(2)10-15-16(21)4-3-5-17(15)23/h3-9,12H,10-11H2,1-2H3. The van der Waals surface area contributed by atoms with Crippen molar-refractivity contribution in [3.63, 3.8) is 0 Å². The third-order valence-electron chi connectivity index (χ3n) is 4.10. The van der Waals surface area contributed by atoms with E-state index < -0.39 is 11.9 Å². The predicted molar refractivity (Wildman–Crippen MR) is 108 cm³/mol. The Bertz CT molecular complexity index is 997. The van der Waals surface area contributed by atoms with E-state index in [4.69, 9.17) is 20.8 Å². The zero-order valence-electron chi connectivity index (χ0n) is 16.1. The number of aromatic nitrogens is 2. The molecule has 0 fully saturated rings. The van der Waals surface area contributed by atoms with Crippen molar-refractivity contribution in [2.75, 3.05) is 12.8 Å². The van der Waals surface area contributed by atoms with Gasteiger partial charge in [-0.05, 0) is 43.3 Å². The summed E-state index contributed by atoms with van der Waals surface area (Å²) >= 11 is 7.06. The third kappa shape index (κ3) is 5.70. The van der Waals surface area contributed by atoms with E-state index in [1.165, 1.54) is 41.3 Å². The van der Waals surface area contributed by atoms with Crippen molar-refractivity contribution < 1.29 is 22.7 Å². The highest BCUT2D eigenvalue weighted by Gasteiger charge is 2.19. The topological polar surface area (TPSA) is 68.5 Å². The first kappa shape index (κ1) is 22.0. The van der Waals surface area contributed by atoms with Gasteiger partial charge in [0, 0.05) is 24.2 Å². The van der Waals surface area contributed by atoms with Gasteiger partial charge in [-0.2, -0.15) is 0 Å². The zero-order chi connectivity index (χ0) is 21.7. The summed E-state index contributed by atoms with van der Waals surface area (Å²) in [6.45, 7) is 1.75. The van der Waals surface area contributed by atoms with Crippen molar-refractivity contribution >= 4 is 29.3 Å². The van der Waals surface area contributed by atoms with Gasteiger partial charge in [0.05, 0.1) is 5.75 Å². The minimum atomic E-state index is -0.557. The molecule has 6 nitrogen and oxygen atoms in total. The molecule has 1 atom stereocenters. The van der Waals surface area contributed by atoms with Gasteiger partial charge >= 0.3 is 0 Å². The molecule has 1 unspecified atom stereocenters. The second-order valence-corrected chi connectivity index (χ2v) is 7.69. The molecule has 10 heteroatoms. The van der Waals surface area contributed by atoms with Gasteiger partial charge < -0.3 is 14.1 Å². The number of nitrogens with zero attached hydrogens (tertiary/aromatic N) is 3. The maximum atomic E-state index is 13.9. The first-order valence-corrected chi connectivity index (χ1v) is 10.2. The number of rotatable bonds is 8. The summed E-state index contributed by atoms with van der Waals surface area (Å²) in [4.78, 5) is 13.7. The molecule has 0 bridgehead atoms. The average molecular weight is 454 g/mol. The molecule has 1 heterocycles. The number of benzene rings is 2. The van der Waals surface area contributed by atoms with E-state index in [9.17, 15) is 13.6 Å². The molecule has 0 radical (unpaired) electrons. The highest BCUT2D eigenvalue weighted by Crippen LogP contribution is 2.25. The van der Waals surface area contributed by atoms with Crippen LogP contribution in [0, 0.1) is 11.6 Å². The summed E-state index contributed by atoms with van der Waals surface area (Å²) in [6.07, 6.45) is -0.557. The van der Waals surface area contributed by atoms with Crippen LogP contribution in [0.25, 0.3) is 0 Å². The number of halogens is 3. The molecule has 0 aliphatic carbocycles. The van der Waals surface area contributed by atoms with E-state index >= 15 is 0 Å². The third-order valence-corrected chi connectivity index (χ3v) is 5.26. The summed E-state index contributed by atoms with van der Waals surface area (Å²) in [5.74, 6) is -0.377. The predicted octanol–water partition coefficient (Wildman–Crippen LogP) is 4.89. The number of hydrogen-bond donors (Lipinski definition) is 0. The van der Waals surface area contributed by atoms with Gasteiger partial charge in [0.2, 0.25) is 5.91 Å². The number of carbonyl (C=O) groups is 1. The van der Waals surface area contributed by atoms with Crippen LogP contribution < -0.4 is 4.74 Å². The van der Waals surface area contributed by atoms with E-state index in [0.29, 0.717) is 5.75 Å². The van der Waals surface area contributed by atoms with Crippen LogP contribution in [0.1, 0.15) is 24.5 Å². The second-order valence-electron chi connectivity index (χ2n) is 6.36. The fourth-order valence-corrected chi connectivity index (χ4v) is 3.39. The molecule has 1 aromatic heterocycles. The van der Waals surface area contributed by atoms with Gasteiger partial charge in [0.15, 0.2) is 6.10 Å². The number of carbonyl (C=O) groups excluding carboxylic acids is 1. The second kappa shape index (κ2) is 9.90. The van der Waals surface area contributed by atoms with Crippen LogP contribution in [0.3, 0.4) is 0 Å². The maximum absolute atomic E-state index is 13.9. The minimum absolute atomic E-state index is 0.0252. The number of amides is 1. The molecular formula is C20H18ClF2N3O3S. The summed E-state index contributed by atoms with van der Waals surface area (Å²) in [5.41, 5.74) is 0.256. The largest absolute Gasteiger partial charge is 0.481 e. The Kier molecular flexibility index (Phi) is 7.28. The van der Waals surface area contributed by atoms with Crippen molar-refractivity contribution in [3.05, 3.63) is 70.6 Å². The Hall–Kier alpha value is -2.65. The van der Waals surface area contributed by atoms with Crippen molar-refractivity contribution in [2.24, 2.45) is 0 Å². The van der Waals surface area contributed by atoms with Crippen molar-refractivity contribution in [3.8, 4) is 5.75 Å². The summed E-state index contributed by atoms with van der Waals surface area (Å²) < 4.78 is 38.0. The smallest absolute Gasteiger partial charge is 0.277 e. The molecule has 3 aromatic rings. The monoisotopic (exact) mass is 453 g/mol. The lowest BCUT2D eigenvalue weighted by Crippen LogP contribution is -2.28. The molecule has 1 amide bonds. The first-order chi connectivity index (χ1) is 14.3.